The van der Waals surface area contributed by atoms with Crippen LogP contribution in [0.4, 0.5) is 0 Å². The summed E-state index contributed by atoms with van der Waals surface area (Å²) in [5, 5.41) is 0.579. The van der Waals surface area contributed by atoms with Gasteiger partial charge in [-0.3, -0.25) is 4.98 Å². The van der Waals surface area contributed by atoms with Crippen molar-refractivity contribution in [3.05, 3.63) is 23.5 Å². The summed E-state index contributed by atoms with van der Waals surface area (Å²) in [5.41, 5.74) is 1.69. The molecule has 0 radical (unpaired) electrons. The highest BCUT2D eigenvalue weighted by Gasteiger charge is 2.28. The fraction of sp³-hybridized carbons (Fsp3) is 0.615. The molecule has 0 unspecified atom stereocenters. The summed E-state index contributed by atoms with van der Waals surface area (Å²) in [5.74, 6) is 0.637. The number of pyridine rings is 1. The van der Waals surface area contributed by atoms with Crippen molar-refractivity contribution in [2.24, 2.45) is 0 Å². The van der Waals surface area contributed by atoms with Crippen LogP contribution >= 0.6 is 15.9 Å². The molecule has 1 heterocycles. The molecule has 0 fully saturated rings. The molecule has 4 nitrogen and oxygen atoms in total. The van der Waals surface area contributed by atoms with Crippen LogP contribution in [-0.4, -0.2) is 30.5 Å². The third-order valence-corrected chi connectivity index (χ3v) is 5.84. The predicted molar refractivity (Wildman–Crippen MR) is 80.6 cm³/mol. The molecule has 0 atom stereocenters. The number of hydrogen-bond donors (Lipinski definition) is 0. The van der Waals surface area contributed by atoms with Crippen molar-refractivity contribution < 1.29 is 13.2 Å². The lowest BCUT2D eigenvalue weighted by Gasteiger charge is -2.19. The van der Waals surface area contributed by atoms with Crippen LogP contribution in [0.3, 0.4) is 0 Å². The van der Waals surface area contributed by atoms with Gasteiger partial charge in [-0.1, -0.05) is 15.9 Å². The lowest BCUT2D eigenvalue weighted by molar-refractivity contribution is 0.335. The van der Waals surface area contributed by atoms with Crippen molar-refractivity contribution in [2.75, 3.05) is 12.4 Å². The van der Waals surface area contributed by atoms with Gasteiger partial charge in [0.2, 0.25) is 0 Å². The smallest absolute Gasteiger partial charge is 0.158 e. The summed E-state index contributed by atoms with van der Waals surface area (Å²) in [6, 6.07) is 3.67. The molecule has 0 saturated heterocycles. The minimum atomic E-state index is -3.15. The van der Waals surface area contributed by atoms with E-state index in [2.05, 4.69) is 20.9 Å². The molecule has 0 spiro atoms. The first-order chi connectivity index (χ1) is 8.67. The normalized spacial score (nSPS) is 12.5. The fourth-order valence-corrected chi connectivity index (χ4v) is 2.71. The maximum atomic E-state index is 11.9. The van der Waals surface area contributed by atoms with Gasteiger partial charge in [0.15, 0.2) is 9.84 Å². The highest BCUT2D eigenvalue weighted by Crippen LogP contribution is 2.20. The molecule has 0 N–H and O–H groups in total. The average Bonchev–Trinajstić information content (AvgIpc) is 2.29. The molecule has 0 amide bonds. The third kappa shape index (κ3) is 4.45. The van der Waals surface area contributed by atoms with E-state index in [0.717, 1.165) is 11.4 Å². The molecular formula is C13H20BrNO3S. The van der Waals surface area contributed by atoms with E-state index < -0.39 is 14.6 Å². The van der Waals surface area contributed by atoms with Crippen molar-refractivity contribution in [1.82, 2.24) is 4.98 Å². The summed E-state index contributed by atoms with van der Waals surface area (Å²) < 4.78 is 28.7. The second kappa shape index (κ2) is 6.22. The Bertz CT molecular complexity index is 535. The minimum absolute atomic E-state index is 0.00605. The number of rotatable bonds is 5. The summed E-state index contributed by atoms with van der Waals surface area (Å²) in [6.07, 6.45) is 0. The van der Waals surface area contributed by atoms with Crippen molar-refractivity contribution in [1.29, 1.82) is 0 Å². The Kier molecular flexibility index (Phi) is 5.38. The molecule has 1 aromatic heterocycles. The van der Waals surface area contributed by atoms with Gasteiger partial charge in [0.05, 0.1) is 16.2 Å². The van der Waals surface area contributed by atoms with E-state index in [-0.39, 0.29) is 12.4 Å². The van der Waals surface area contributed by atoms with Crippen LogP contribution in [0.15, 0.2) is 12.1 Å². The monoisotopic (exact) mass is 349 g/mol. The van der Waals surface area contributed by atoms with Crippen LogP contribution in [0.2, 0.25) is 0 Å². The average molecular weight is 350 g/mol. The lowest BCUT2D eigenvalue weighted by atomic mass is 10.3. The largest absolute Gasteiger partial charge is 0.491 e. The topological polar surface area (TPSA) is 56.3 Å². The molecular weight excluding hydrogens is 330 g/mol. The first kappa shape index (κ1) is 16.4. The standard InChI is InChI=1S/C13H20BrNO3S/c1-10-5-6-12(11(9-14)15-10)18-7-8-19(16,17)13(2,3)4/h5-6H,7-9H2,1-4H3. The van der Waals surface area contributed by atoms with Gasteiger partial charge < -0.3 is 4.74 Å². The van der Waals surface area contributed by atoms with Crippen molar-refractivity contribution in [3.63, 3.8) is 0 Å². The number of ether oxygens (including phenoxy) is 1. The zero-order chi connectivity index (χ0) is 14.7. The number of aromatic nitrogens is 1. The predicted octanol–water partition coefficient (Wildman–Crippen LogP) is 2.88. The Hall–Kier alpha value is -0.620. The zero-order valence-electron chi connectivity index (χ0n) is 11.7. The van der Waals surface area contributed by atoms with Crippen LogP contribution in [0.1, 0.15) is 32.2 Å². The number of nitrogens with zero attached hydrogens (tertiary/aromatic N) is 1. The van der Waals surface area contributed by atoms with Gasteiger partial charge in [-0.25, -0.2) is 8.42 Å². The van der Waals surface area contributed by atoms with E-state index in [9.17, 15) is 8.42 Å². The molecule has 1 rings (SSSR count). The van der Waals surface area contributed by atoms with E-state index in [1.54, 1.807) is 20.8 Å². The maximum Gasteiger partial charge on any atom is 0.158 e. The van der Waals surface area contributed by atoms with Crippen molar-refractivity contribution in [2.45, 2.75) is 37.8 Å². The highest BCUT2D eigenvalue weighted by molar-refractivity contribution is 9.08. The molecule has 0 saturated carbocycles. The van der Waals surface area contributed by atoms with Crippen LogP contribution in [0, 0.1) is 6.92 Å². The molecule has 0 aliphatic heterocycles. The number of halogens is 1. The number of sulfone groups is 1. The molecule has 0 aromatic carbocycles. The van der Waals surface area contributed by atoms with Gasteiger partial charge in [0.1, 0.15) is 12.4 Å². The number of alkyl halides is 1. The van der Waals surface area contributed by atoms with Crippen LogP contribution in [0.25, 0.3) is 0 Å². The highest BCUT2D eigenvalue weighted by atomic mass is 79.9. The molecule has 1 aromatic rings. The number of aryl methyl sites for hydroxylation is 1. The van der Waals surface area contributed by atoms with Crippen LogP contribution < -0.4 is 4.74 Å². The molecule has 19 heavy (non-hydrogen) atoms. The third-order valence-electron chi connectivity index (χ3n) is 2.74. The Morgan fingerprint density at radius 3 is 2.47 bits per heavy atom. The Morgan fingerprint density at radius 2 is 1.95 bits per heavy atom. The summed E-state index contributed by atoms with van der Waals surface area (Å²) in [4.78, 5) is 4.33. The van der Waals surface area contributed by atoms with E-state index in [4.69, 9.17) is 4.74 Å². The van der Waals surface area contributed by atoms with Crippen molar-refractivity contribution >= 4 is 25.8 Å². The SMILES string of the molecule is Cc1ccc(OCCS(=O)(=O)C(C)(C)C)c(CBr)n1. The lowest BCUT2D eigenvalue weighted by Crippen LogP contribution is -2.32. The molecule has 6 heteroatoms. The van der Waals surface area contributed by atoms with Gasteiger partial charge >= 0.3 is 0 Å². The second-order valence-corrected chi connectivity index (χ2v) is 8.73. The Labute approximate surface area is 123 Å². The molecule has 0 aliphatic carbocycles. The van der Waals surface area contributed by atoms with Gasteiger partial charge in [-0.05, 0) is 39.8 Å². The van der Waals surface area contributed by atoms with Gasteiger partial charge in [-0.15, -0.1) is 0 Å². The van der Waals surface area contributed by atoms with Gasteiger partial charge in [0.25, 0.3) is 0 Å². The van der Waals surface area contributed by atoms with Crippen molar-refractivity contribution in [3.8, 4) is 5.75 Å². The van der Waals surface area contributed by atoms with E-state index in [1.807, 2.05) is 19.1 Å². The maximum absolute atomic E-state index is 11.9. The van der Waals surface area contributed by atoms with Crippen LogP contribution in [0.5, 0.6) is 5.75 Å². The quantitative estimate of drug-likeness (QED) is 0.767. The molecule has 0 bridgehead atoms. The second-order valence-electron chi connectivity index (χ2n) is 5.31. The first-order valence-electron chi connectivity index (χ1n) is 6.05. The minimum Gasteiger partial charge on any atom is -0.491 e. The van der Waals surface area contributed by atoms with Gasteiger partial charge in [-0.2, -0.15) is 0 Å². The Morgan fingerprint density at radius 1 is 1.32 bits per heavy atom. The first-order valence-corrected chi connectivity index (χ1v) is 8.82. The molecule has 108 valence electrons. The molecule has 0 aliphatic rings. The van der Waals surface area contributed by atoms with E-state index in [0.29, 0.717) is 11.1 Å². The summed E-state index contributed by atoms with van der Waals surface area (Å²) >= 11 is 3.34. The van der Waals surface area contributed by atoms with Crippen LogP contribution in [-0.2, 0) is 15.2 Å². The fourth-order valence-electron chi connectivity index (χ4n) is 1.39. The van der Waals surface area contributed by atoms with E-state index >= 15 is 0 Å². The summed E-state index contributed by atoms with van der Waals surface area (Å²) in [6.45, 7) is 7.13. The van der Waals surface area contributed by atoms with E-state index in [1.165, 1.54) is 0 Å². The Balaban J connectivity index is 2.69. The zero-order valence-corrected chi connectivity index (χ0v) is 14.1. The summed E-state index contributed by atoms with van der Waals surface area (Å²) in [7, 11) is -3.15. The van der Waals surface area contributed by atoms with Gasteiger partial charge in [0, 0.05) is 11.0 Å². The number of hydrogen-bond acceptors (Lipinski definition) is 4.